The molecule has 2 saturated carbocycles. The van der Waals surface area contributed by atoms with Gasteiger partial charge in [-0.25, -0.2) is 8.42 Å². The molecule has 0 bridgehead atoms. The first-order valence-corrected chi connectivity index (χ1v) is 13.2. The molecule has 3 aliphatic rings. The van der Waals surface area contributed by atoms with E-state index in [-0.39, 0.29) is 18.0 Å². The van der Waals surface area contributed by atoms with Crippen LogP contribution in [0.3, 0.4) is 0 Å². The fraction of sp³-hybridized carbons (Fsp3) is 0.696. The van der Waals surface area contributed by atoms with E-state index in [4.69, 9.17) is 4.74 Å². The Bertz CT molecular complexity index is 875. The van der Waals surface area contributed by atoms with Gasteiger partial charge in [0.2, 0.25) is 15.9 Å². The van der Waals surface area contributed by atoms with Gasteiger partial charge in [-0.15, -0.1) is 0 Å². The minimum absolute atomic E-state index is 0.0240. The van der Waals surface area contributed by atoms with Gasteiger partial charge in [0.1, 0.15) is 12.4 Å². The molecule has 1 aromatic carbocycles. The highest BCUT2D eigenvalue weighted by atomic mass is 32.2. The third-order valence-electron chi connectivity index (χ3n) is 6.70. The number of carbonyl (C=O) groups excluding carboxylic acids is 1. The molecule has 1 amide bonds. The molecular formula is C23H34N2O4S. The Morgan fingerprint density at radius 1 is 1.17 bits per heavy atom. The lowest BCUT2D eigenvalue weighted by Gasteiger charge is -2.29. The average molecular weight is 435 g/mol. The Labute approximate surface area is 180 Å². The third kappa shape index (κ3) is 5.17. The van der Waals surface area contributed by atoms with Crippen LogP contribution in [0.15, 0.2) is 18.2 Å². The van der Waals surface area contributed by atoms with Crippen molar-refractivity contribution < 1.29 is 17.9 Å². The number of rotatable bonds is 6. The molecule has 6 nitrogen and oxygen atoms in total. The first-order valence-electron chi connectivity index (χ1n) is 11.3. The highest BCUT2D eigenvalue weighted by Gasteiger charge is 2.35. The molecule has 0 unspecified atom stereocenters. The van der Waals surface area contributed by atoms with E-state index in [0.29, 0.717) is 32.0 Å². The van der Waals surface area contributed by atoms with Crippen molar-refractivity contribution in [2.45, 2.75) is 83.5 Å². The molecule has 0 N–H and O–H groups in total. The number of ether oxygens (including phenoxy) is 1. The molecule has 0 saturated heterocycles. The van der Waals surface area contributed by atoms with Crippen LogP contribution in [-0.4, -0.2) is 48.5 Å². The van der Waals surface area contributed by atoms with Crippen LogP contribution in [0.25, 0.3) is 0 Å². The number of hydrogen-bond donors (Lipinski definition) is 0. The summed E-state index contributed by atoms with van der Waals surface area (Å²) in [5.74, 6) is 1.53. The second-order valence-electron chi connectivity index (χ2n) is 9.37. The minimum Gasteiger partial charge on any atom is -0.491 e. The van der Waals surface area contributed by atoms with Crippen molar-refractivity contribution in [2.24, 2.45) is 5.92 Å². The number of carbonyl (C=O) groups is 1. The smallest absolute Gasteiger partial charge is 0.223 e. The maximum Gasteiger partial charge on any atom is 0.223 e. The van der Waals surface area contributed by atoms with E-state index in [1.807, 2.05) is 30.0 Å². The van der Waals surface area contributed by atoms with Crippen molar-refractivity contribution in [1.29, 1.82) is 0 Å². The zero-order valence-electron chi connectivity index (χ0n) is 18.2. The van der Waals surface area contributed by atoms with Crippen LogP contribution in [0.1, 0.15) is 69.4 Å². The van der Waals surface area contributed by atoms with E-state index < -0.39 is 10.0 Å². The van der Waals surface area contributed by atoms with Gasteiger partial charge in [-0.05, 0) is 56.2 Å². The van der Waals surface area contributed by atoms with Crippen LogP contribution >= 0.6 is 0 Å². The van der Waals surface area contributed by atoms with Gasteiger partial charge in [-0.1, -0.05) is 25.3 Å². The maximum absolute atomic E-state index is 13.1. The molecule has 0 radical (unpaired) electrons. The zero-order chi connectivity index (χ0) is 21.3. The fourth-order valence-electron chi connectivity index (χ4n) is 4.78. The van der Waals surface area contributed by atoms with Crippen molar-refractivity contribution in [2.75, 3.05) is 12.9 Å². The number of amides is 1. The quantitative estimate of drug-likeness (QED) is 0.685. The Hall–Kier alpha value is -1.60. The molecule has 7 heteroatoms. The standard InChI is InChI=1S/C23H34N2O4S/c1-17-16-29-22-11-8-19(14-25(21-9-10-21)30(2,27)28)12-20(22)15-24(17)23(26)13-18-6-4-3-5-7-18/h8,11-12,17-18,21H,3-7,9-10,13-16H2,1-2H3/t17-/m0/s1. The summed E-state index contributed by atoms with van der Waals surface area (Å²) < 4.78 is 32.0. The molecule has 2 aliphatic carbocycles. The van der Waals surface area contributed by atoms with Gasteiger partial charge < -0.3 is 9.64 Å². The molecular weight excluding hydrogens is 400 g/mol. The van der Waals surface area contributed by atoms with Gasteiger partial charge in [0.25, 0.3) is 0 Å². The maximum atomic E-state index is 13.1. The first-order chi connectivity index (χ1) is 14.3. The molecule has 1 atom stereocenters. The van der Waals surface area contributed by atoms with Gasteiger partial charge >= 0.3 is 0 Å². The highest BCUT2D eigenvalue weighted by molar-refractivity contribution is 7.88. The second kappa shape index (κ2) is 8.87. The Morgan fingerprint density at radius 3 is 2.57 bits per heavy atom. The zero-order valence-corrected chi connectivity index (χ0v) is 19.0. The summed E-state index contributed by atoms with van der Waals surface area (Å²) in [5.41, 5.74) is 1.92. The number of nitrogens with zero attached hydrogens (tertiary/aromatic N) is 2. The van der Waals surface area contributed by atoms with E-state index in [1.54, 1.807) is 4.31 Å². The largest absolute Gasteiger partial charge is 0.491 e. The molecule has 0 aromatic heterocycles. The van der Waals surface area contributed by atoms with Crippen LogP contribution in [-0.2, 0) is 27.9 Å². The van der Waals surface area contributed by atoms with Crippen LogP contribution in [0.5, 0.6) is 5.75 Å². The van der Waals surface area contributed by atoms with E-state index in [0.717, 1.165) is 42.6 Å². The molecule has 166 valence electrons. The normalized spacial score (nSPS) is 23.0. The number of sulfonamides is 1. The third-order valence-corrected chi connectivity index (χ3v) is 7.98. The van der Waals surface area contributed by atoms with Gasteiger partial charge in [-0.2, -0.15) is 4.31 Å². The summed E-state index contributed by atoms with van der Waals surface area (Å²) in [6.45, 7) is 3.44. The summed E-state index contributed by atoms with van der Waals surface area (Å²) in [4.78, 5) is 15.1. The second-order valence-corrected chi connectivity index (χ2v) is 11.3. The Kier molecular flexibility index (Phi) is 6.39. The monoisotopic (exact) mass is 434 g/mol. The van der Waals surface area contributed by atoms with Crippen LogP contribution in [0, 0.1) is 5.92 Å². The highest BCUT2D eigenvalue weighted by Crippen LogP contribution is 2.33. The summed E-state index contributed by atoms with van der Waals surface area (Å²) in [7, 11) is -3.24. The molecule has 30 heavy (non-hydrogen) atoms. The lowest BCUT2D eigenvalue weighted by Crippen LogP contribution is -2.40. The van der Waals surface area contributed by atoms with Crippen molar-refractivity contribution in [3.8, 4) is 5.75 Å². The van der Waals surface area contributed by atoms with Crippen molar-refractivity contribution in [1.82, 2.24) is 9.21 Å². The van der Waals surface area contributed by atoms with Gasteiger partial charge in [0.05, 0.1) is 12.3 Å². The van der Waals surface area contributed by atoms with Crippen molar-refractivity contribution >= 4 is 15.9 Å². The van der Waals surface area contributed by atoms with E-state index in [9.17, 15) is 13.2 Å². The van der Waals surface area contributed by atoms with Crippen molar-refractivity contribution in [3.63, 3.8) is 0 Å². The van der Waals surface area contributed by atoms with Gasteiger partial charge in [0, 0.05) is 31.1 Å². The van der Waals surface area contributed by atoms with E-state index >= 15 is 0 Å². The Balaban J connectivity index is 1.49. The molecule has 1 heterocycles. The predicted octanol–water partition coefficient (Wildman–Crippen LogP) is 3.69. The lowest BCUT2D eigenvalue weighted by atomic mass is 9.86. The van der Waals surface area contributed by atoms with Gasteiger partial charge in [0.15, 0.2) is 0 Å². The molecule has 2 fully saturated rings. The predicted molar refractivity (Wildman–Crippen MR) is 117 cm³/mol. The first kappa shape index (κ1) is 21.6. The summed E-state index contributed by atoms with van der Waals surface area (Å²) >= 11 is 0. The fourth-order valence-corrected chi connectivity index (χ4v) is 5.92. The molecule has 1 aromatic rings. The van der Waals surface area contributed by atoms with Crippen LogP contribution in [0.2, 0.25) is 0 Å². The van der Waals surface area contributed by atoms with Crippen LogP contribution in [0.4, 0.5) is 0 Å². The summed E-state index contributed by atoms with van der Waals surface area (Å²) in [5, 5.41) is 0. The summed E-state index contributed by atoms with van der Waals surface area (Å²) in [6.07, 6.45) is 9.86. The SMILES string of the molecule is C[C@H]1COc2ccc(CN(C3CC3)S(C)(=O)=O)cc2CN1C(=O)CC1CCCCC1. The van der Waals surface area contributed by atoms with E-state index in [1.165, 1.54) is 25.5 Å². The topological polar surface area (TPSA) is 66.9 Å². The molecule has 4 rings (SSSR count). The number of fused-ring (bicyclic) bond motifs is 1. The summed E-state index contributed by atoms with van der Waals surface area (Å²) in [6, 6.07) is 6.05. The van der Waals surface area contributed by atoms with Crippen molar-refractivity contribution in [3.05, 3.63) is 29.3 Å². The number of benzene rings is 1. The van der Waals surface area contributed by atoms with Crippen LogP contribution < -0.4 is 4.74 Å². The van der Waals surface area contributed by atoms with Gasteiger partial charge in [-0.3, -0.25) is 4.79 Å². The average Bonchev–Trinajstić information content (AvgIpc) is 3.54. The minimum atomic E-state index is -3.24. The van der Waals surface area contributed by atoms with E-state index in [2.05, 4.69) is 0 Å². The Morgan fingerprint density at radius 2 is 1.90 bits per heavy atom. The lowest BCUT2D eigenvalue weighted by molar-refractivity contribution is -0.135. The molecule has 0 spiro atoms. The number of hydrogen-bond acceptors (Lipinski definition) is 4. The molecule has 1 aliphatic heterocycles.